The SMILES string of the molecule is N#Cc1c[nH]n2c(=O)cc(CSc3ccnc4ccccc34)nc12. The van der Waals surface area contributed by atoms with Crippen molar-refractivity contribution in [2.45, 2.75) is 10.6 Å². The maximum Gasteiger partial charge on any atom is 0.272 e. The molecule has 0 aliphatic carbocycles. The molecule has 7 heteroatoms. The highest BCUT2D eigenvalue weighted by Crippen LogP contribution is 2.28. The monoisotopic (exact) mass is 333 g/mol. The number of nitriles is 1. The minimum Gasteiger partial charge on any atom is -0.295 e. The van der Waals surface area contributed by atoms with Crippen molar-refractivity contribution in [3.63, 3.8) is 0 Å². The average Bonchev–Trinajstić information content (AvgIpc) is 3.03. The molecule has 0 amide bonds. The number of hydrogen-bond donors (Lipinski definition) is 1. The number of hydrogen-bond acceptors (Lipinski definition) is 5. The van der Waals surface area contributed by atoms with Crippen LogP contribution in [0.1, 0.15) is 11.3 Å². The molecule has 3 aromatic heterocycles. The van der Waals surface area contributed by atoms with Gasteiger partial charge in [-0.3, -0.25) is 14.9 Å². The summed E-state index contributed by atoms with van der Waals surface area (Å²) in [6.07, 6.45) is 3.26. The van der Waals surface area contributed by atoms with Gasteiger partial charge in [0.15, 0.2) is 5.65 Å². The van der Waals surface area contributed by atoms with Gasteiger partial charge in [0.25, 0.3) is 5.56 Å². The highest BCUT2D eigenvalue weighted by Gasteiger charge is 2.10. The van der Waals surface area contributed by atoms with E-state index >= 15 is 0 Å². The highest BCUT2D eigenvalue weighted by atomic mass is 32.2. The molecule has 0 saturated carbocycles. The summed E-state index contributed by atoms with van der Waals surface area (Å²) in [5.74, 6) is 0.537. The Morgan fingerprint density at radius 1 is 1.29 bits per heavy atom. The van der Waals surface area contributed by atoms with E-state index < -0.39 is 0 Å². The van der Waals surface area contributed by atoms with Gasteiger partial charge in [-0.05, 0) is 12.1 Å². The predicted molar refractivity (Wildman–Crippen MR) is 91.8 cm³/mol. The van der Waals surface area contributed by atoms with E-state index in [1.807, 2.05) is 36.4 Å². The number of para-hydroxylation sites is 1. The minimum atomic E-state index is -0.225. The van der Waals surface area contributed by atoms with E-state index in [1.54, 1.807) is 18.0 Å². The lowest BCUT2D eigenvalue weighted by Crippen LogP contribution is -2.15. The first kappa shape index (κ1) is 14.5. The zero-order chi connectivity index (χ0) is 16.5. The van der Waals surface area contributed by atoms with Gasteiger partial charge in [0.1, 0.15) is 11.6 Å². The number of benzene rings is 1. The van der Waals surface area contributed by atoms with Crippen LogP contribution in [-0.4, -0.2) is 19.6 Å². The molecule has 4 aromatic rings. The van der Waals surface area contributed by atoms with Crippen LogP contribution in [0.15, 0.2) is 58.5 Å². The van der Waals surface area contributed by atoms with Gasteiger partial charge >= 0.3 is 0 Å². The number of nitrogens with zero attached hydrogens (tertiary/aromatic N) is 4. The fourth-order valence-electron chi connectivity index (χ4n) is 2.53. The van der Waals surface area contributed by atoms with Crippen LogP contribution >= 0.6 is 11.8 Å². The third-order valence-corrected chi connectivity index (χ3v) is 4.76. The zero-order valence-corrected chi connectivity index (χ0v) is 13.2. The lowest BCUT2D eigenvalue weighted by Gasteiger charge is -2.05. The number of rotatable bonds is 3. The van der Waals surface area contributed by atoms with Crippen LogP contribution in [0.5, 0.6) is 0 Å². The Bertz CT molecular complexity index is 1150. The zero-order valence-electron chi connectivity index (χ0n) is 12.4. The van der Waals surface area contributed by atoms with Crippen molar-refractivity contribution in [1.29, 1.82) is 5.26 Å². The normalized spacial score (nSPS) is 11.0. The molecule has 0 bridgehead atoms. The Balaban J connectivity index is 1.70. The summed E-state index contributed by atoms with van der Waals surface area (Å²) in [6, 6.07) is 13.4. The second-order valence-electron chi connectivity index (χ2n) is 5.16. The van der Waals surface area contributed by atoms with Crippen molar-refractivity contribution in [3.05, 3.63) is 70.4 Å². The standard InChI is InChI=1S/C17H11N5OS/c18-8-11-9-20-22-16(23)7-12(21-17(11)22)10-24-15-5-6-19-14-4-2-1-3-13(14)15/h1-7,9,20H,10H2. The summed E-state index contributed by atoms with van der Waals surface area (Å²) in [5, 5.41) is 12.9. The quantitative estimate of drug-likeness (QED) is 0.583. The van der Waals surface area contributed by atoms with Crippen LogP contribution in [0.3, 0.4) is 0 Å². The molecule has 3 heterocycles. The maximum absolute atomic E-state index is 12.1. The molecule has 0 unspecified atom stereocenters. The van der Waals surface area contributed by atoms with E-state index in [0.29, 0.717) is 22.7 Å². The first-order chi connectivity index (χ1) is 11.8. The minimum absolute atomic E-state index is 0.225. The van der Waals surface area contributed by atoms with Gasteiger partial charge < -0.3 is 0 Å². The van der Waals surface area contributed by atoms with Crippen molar-refractivity contribution < 1.29 is 0 Å². The first-order valence-electron chi connectivity index (χ1n) is 7.23. The Labute approximate surface area is 140 Å². The van der Waals surface area contributed by atoms with E-state index in [4.69, 9.17) is 5.26 Å². The summed E-state index contributed by atoms with van der Waals surface area (Å²) < 4.78 is 1.27. The third-order valence-electron chi connectivity index (χ3n) is 3.66. The molecule has 1 aromatic carbocycles. The molecule has 1 N–H and O–H groups in total. The fourth-order valence-corrected chi connectivity index (χ4v) is 3.47. The third kappa shape index (κ3) is 2.43. The van der Waals surface area contributed by atoms with Gasteiger partial charge in [-0.2, -0.15) is 5.26 Å². The van der Waals surface area contributed by atoms with Gasteiger partial charge in [0.05, 0.1) is 11.2 Å². The molecule has 0 aliphatic rings. The molecular weight excluding hydrogens is 322 g/mol. The van der Waals surface area contributed by atoms with Crippen LogP contribution in [0.25, 0.3) is 16.6 Å². The number of fused-ring (bicyclic) bond motifs is 2. The van der Waals surface area contributed by atoms with Crippen molar-refractivity contribution in [2.75, 3.05) is 0 Å². The molecule has 0 spiro atoms. The van der Waals surface area contributed by atoms with Crippen LogP contribution in [0.4, 0.5) is 0 Å². The van der Waals surface area contributed by atoms with Crippen molar-refractivity contribution in [3.8, 4) is 6.07 Å². The van der Waals surface area contributed by atoms with E-state index in [9.17, 15) is 4.79 Å². The van der Waals surface area contributed by atoms with Crippen LogP contribution in [0, 0.1) is 11.3 Å². The van der Waals surface area contributed by atoms with Crippen molar-refractivity contribution in [1.82, 2.24) is 19.6 Å². The molecule has 116 valence electrons. The van der Waals surface area contributed by atoms with Gasteiger partial charge in [-0.1, -0.05) is 18.2 Å². The smallest absolute Gasteiger partial charge is 0.272 e. The van der Waals surface area contributed by atoms with Crippen LogP contribution in [-0.2, 0) is 5.75 Å². The molecule has 0 fully saturated rings. The number of aromatic amines is 1. The highest BCUT2D eigenvalue weighted by molar-refractivity contribution is 7.98. The van der Waals surface area contributed by atoms with Gasteiger partial charge in [-0.25, -0.2) is 9.50 Å². The average molecular weight is 333 g/mol. The van der Waals surface area contributed by atoms with Gasteiger partial charge in [0.2, 0.25) is 0 Å². The lowest BCUT2D eigenvalue weighted by atomic mass is 10.2. The molecule has 0 atom stereocenters. The summed E-state index contributed by atoms with van der Waals surface area (Å²) in [7, 11) is 0. The second-order valence-corrected chi connectivity index (χ2v) is 6.18. The molecule has 0 saturated heterocycles. The predicted octanol–water partition coefficient (Wildman–Crippen LogP) is 2.73. The molecule has 0 radical (unpaired) electrons. The lowest BCUT2D eigenvalue weighted by molar-refractivity contribution is 0.888. The summed E-state index contributed by atoms with van der Waals surface area (Å²) in [6.45, 7) is 0. The molecule has 6 nitrogen and oxygen atoms in total. The summed E-state index contributed by atoms with van der Waals surface area (Å²) in [4.78, 5) is 22.0. The van der Waals surface area contributed by atoms with Crippen molar-refractivity contribution >= 4 is 28.3 Å². The fraction of sp³-hybridized carbons (Fsp3) is 0.0588. The van der Waals surface area contributed by atoms with Crippen molar-refractivity contribution in [2.24, 2.45) is 0 Å². The van der Waals surface area contributed by atoms with E-state index in [0.717, 1.165) is 15.8 Å². The number of nitrogens with one attached hydrogen (secondary N) is 1. The number of pyridine rings is 1. The number of aromatic nitrogens is 4. The topological polar surface area (TPSA) is 86.8 Å². The van der Waals surface area contributed by atoms with E-state index in [1.165, 1.54) is 16.8 Å². The Morgan fingerprint density at radius 3 is 3.04 bits per heavy atom. The Hall–Kier alpha value is -3.11. The Kier molecular flexibility index (Phi) is 3.52. The molecule has 4 rings (SSSR count). The Morgan fingerprint density at radius 2 is 2.17 bits per heavy atom. The van der Waals surface area contributed by atoms with Gasteiger partial charge in [-0.15, -0.1) is 11.8 Å². The molecule has 24 heavy (non-hydrogen) atoms. The number of H-pyrrole nitrogens is 1. The largest absolute Gasteiger partial charge is 0.295 e. The second kappa shape index (κ2) is 5.83. The number of thioether (sulfide) groups is 1. The first-order valence-corrected chi connectivity index (χ1v) is 8.21. The molecule has 0 aliphatic heterocycles. The van der Waals surface area contributed by atoms with E-state index in [-0.39, 0.29) is 5.56 Å². The van der Waals surface area contributed by atoms with E-state index in [2.05, 4.69) is 15.1 Å². The van der Waals surface area contributed by atoms with Crippen LogP contribution < -0.4 is 5.56 Å². The molecular formula is C17H11N5OS. The van der Waals surface area contributed by atoms with Crippen LogP contribution in [0.2, 0.25) is 0 Å². The summed E-state index contributed by atoms with van der Waals surface area (Å²) in [5.41, 5.74) is 2.07. The maximum atomic E-state index is 12.1. The van der Waals surface area contributed by atoms with Gasteiger partial charge in [0, 0.05) is 34.5 Å². The summed E-state index contributed by atoms with van der Waals surface area (Å²) >= 11 is 1.59.